The summed E-state index contributed by atoms with van der Waals surface area (Å²) in [5.74, 6) is -8.99. The van der Waals surface area contributed by atoms with Gasteiger partial charge < -0.3 is 45.8 Å². The summed E-state index contributed by atoms with van der Waals surface area (Å²) in [5, 5.41) is 12.4. The molecule has 3 atom stereocenters. The van der Waals surface area contributed by atoms with E-state index in [-0.39, 0.29) is 44.3 Å². The number of likely N-dealkylation sites (tertiary alicyclic amines) is 1. The van der Waals surface area contributed by atoms with Gasteiger partial charge in [0.25, 0.3) is 17.7 Å². The number of hydrogen-bond acceptors (Lipinski definition) is 10. The first-order valence-electron chi connectivity index (χ1n) is 17.1. The van der Waals surface area contributed by atoms with Crippen molar-refractivity contribution >= 4 is 49.2 Å². The first-order chi connectivity index (χ1) is 25.7. The van der Waals surface area contributed by atoms with Crippen molar-refractivity contribution < 1.29 is 51.8 Å². The summed E-state index contributed by atoms with van der Waals surface area (Å²) in [6.07, 6.45) is -1.36. The van der Waals surface area contributed by atoms with Crippen LogP contribution in [0, 0.1) is 5.92 Å². The van der Waals surface area contributed by atoms with Crippen LogP contribution in [-0.4, -0.2) is 117 Å². The van der Waals surface area contributed by atoms with Gasteiger partial charge in [0.15, 0.2) is 19.5 Å². The normalized spacial score (nSPS) is 19.8. The molecule has 3 aliphatic rings. The lowest BCUT2D eigenvalue weighted by Crippen LogP contribution is -2.51. The Morgan fingerprint density at radius 2 is 1.72 bits per heavy atom. The van der Waals surface area contributed by atoms with E-state index in [2.05, 4.69) is 26.5 Å². The molecule has 6 amide bonds. The van der Waals surface area contributed by atoms with Crippen LogP contribution in [0.5, 0.6) is 11.5 Å². The number of methoxy groups -OCH3 is 2. The first-order valence-corrected chi connectivity index (χ1v) is 17.1. The Bertz CT molecular complexity index is 1830. The van der Waals surface area contributed by atoms with Crippen LogP contribution in [0.15, 0.2) is 36.4 Å². The van der Waals surface area contributed by atoms with Crippen LogP contribution < -0.4 is 36.0 Å². The Hall–Kier alpha value is -5.59. The van der Waals surface area contributed by atoms with E-state index in [1.54, 1.807) is 30.3 Å². The molecule has 2 radical (unpaired) electrons. The number of carbonyl (C=O) groups is 7. The molecule has 0 saturated carbocycles. The monoisotopic (exact) mass is 751 g/mol. The lowest BCUT2D eigenvalue weighted by atomic mass is 10.00. The van der Waals surface area contributed by atoms with Gasteiger partial charge in [0.05, 0.1) is 27.3 Å². The van der Waals surface area contributed by atoms with Crippen molar-refractivity contribution in [3.63, 3.8) is 0 Å². The number of nitrogens with one attached hydrogen (secondary N) is 5. The maximum Gasteiger partial charge on any atom is 0.289 e. The molecule has 19 heteroatoms. The molecule has 0 aliphatic carbocycles. The van der Waals surface area contributed by atoms with Crippen molar-refractivity contribution in [1.82, 2.24) is 36.3 Å². The number of carbonyl (C=O) groups excluding carboxylic acids is 7. The Labute approximate surface area is 310 Å². The number of nitrogens with zero attached hydrogens (tertiary/aromatic N) is 2. The zero-order valence-electron chi connectivity index (χ0n) is 29.7. The highest BCUT2D eigenvalue weighted by Gasteiger charge is 2.51. The SMILES string of the molecule is [B]NCCNC(=O)c1cccc2c1CN(C(=O)C[C@@H]1C[C@@H](C(=O)NCC(=O)N3CC(F)(F)CC3C(=O)C(=O)NCc3ccc(OC)c(OC)c3)NC1=O)C2. The number of ketones is 1. The van der Waals surface area contributed by atoms with Gasteiger partial charge in [0.2, 0.25) is 29.4 Å². The first kappa shape index (κ1) is 39.6. The van der Waals surface area contributed by atoms with Gasteiger partial charge in [-0.1, -0.05) is 18.2 Å². The fourth-order valence-electron chi connectivity index (χ4n) is 6.70. The molecular formula is C35H40BF2N7O9. The molecular weight excluding hydrogens is 711 g/mol. The topological polar surface area (TPSA) is 205 Å². The van der Waals surface area contributed by atoms with Gasteiger partial charge >= 0.3 is 0 Å². The summed E-state index contributed by atoms with van der Waals surface area (Å²) in [5.41, 5.74) is 2.44. The largest absolute Gasteiger partial charge is 0.493 e. The van der Waals surface area contributed by atoms with Crippen molar-refractivity contribution in [2.45, 2.75) is 56.9 Å². The predicted octanol–water partition coefficient (Wildman–Crippen LogP) is -0.918. The molecule has 1 unspecified atom stereocenters. The number of ether oxygens (including phenoxy) is 2. The second-order valence-corrected chi connectivity index (χ2v) is 13.2. The number of fused-ring (bicyclic) bond motifs is 1. The minimum absolute atomic E-state index is 0.0721. The molecule has 0 bridgehead atoms. The quantitative estimate of drug-likeness (QED) is 0.0861. The third-order valence-electron chi connectivity index (χ3n) is 9.51. The van der Waals surface area contributed by atoms with Gasteiger partial charge in [-0.3, -0.25) is 33.6 Å². The lowest BCUT2D eigenvalue weighted by molar-refractivity contribution is -0.144. The van der Waals surface area contributed by atoms with Crippen molar-refractivity contribution in [3.05, 3.63) is 58.7 Å². The second-order valence-electron chi connectivity index (χ2n) is 13.2. The van der Waals surface area contributed by atoms with Gasteiger partial charge in [0.1, 0.15) is 12.1 Å². The molecule has 2 aromatic rings. The number of hydrogen-bond donors (Lipinski definition) is 5. The minimum Gasteiger partial charge on any atom is -0.493 e. The number of Topliss-reactive ketones (excluding diaryl/α,β-unsaturated/α-hetero) is 1. The Morgan fingerprint density at radius 3 is 2.44 bits per heavy atom. The Balaban J connectivity index is 1.11. The van der Waals surface area contributed by atoms with Gasteiger partial charge in [0, 0.05) is 57.0 Å². The molecule has 5 rings (SSSR count). The number of amides is 6. The molecule has 0 aromatic heterocycles. The third-order valence-corrected chi connectivity index (χ3v) is 9.51. The highest BCUT2D eigenvalue weighted by molar-refractivity contribution is 6.38. The van der Waals surface area contributed by atoms with E-state index in [1.165, 1.54) is 19.1 Å². The van der Waals surface area contributed by atoms with Crippen LogP contribution >= 0.6 is 0 Å². The molecule has 2 saturated heterocycles. The van der Waals surface area contributed by atoms with E-state index < -0.39 is 72.8 Å². The number of halogens is 2. The number of alkyl halides is 2. The molecule has 5 N–H and O–H groups in total. The van der Waals surface area contributed by atoms with Gasteiger partial charge in [-0.15, -0.1) is 0 Å². The van der Waals surface area contributed by atoms with E-state index in [4.69, 9.17) is 17.5 Å². The van der Waals surface area contributed by atoms with Crippen LogP contribution in [0.2, 0.25) is 0 Å². The fourth-order valence-corrected chi connectivity index (χ4v) is 6.70. The molecule has 16 nitrogen and oxygen atoms in total. The average Bonchev–Trinajstić information content (AvgIpc) is 3.86. The number of rotatable bonds is 15. The fraction of sp³-hybridized carbons (Fsp3) is 0.457. The summed E-state index contributed by atoms with van der Waals surface area (Å²) < 4.78 is 39.3. The molecule has 3 aliphatic heterocycles. The average molecular weight is 752 g/mol. The van der Waals surface area contributed by atoms with Crippen LogP contribution in [0.4, 0.5) is 8.78 Å². The summed E-state index contributed by atoms with van der Waals surface area (Å²) in [6.45, 7) is -0.997. The van der Waals surface area contributed by atoms with E-state index >= 15 is 0 Å². The van der Waals surface area contributed by atoms with E-state index in [0.29, 0.717) is 46.2 Å². The van der Waals surface area contributed by atoms with Crippen molar-refractivity contribution in [2.75, 3.05) is 40.4 Å². The maximum atomic E-state index is 14.5. The van der Waals surface area contributed by atoms with Crippen molar-refractivity contribution in [3.8, 4) is 11.5 Å². The summed E-state index contributed by atoms with van der Waals surface area (Å²) in [4.78, 5) is 92.5. The highest BCUT2D eigenvalue weighted by atomic mass is 19.3. The number of benzene rings is 2. The second kappa shape index (κ2) is 17.0. The Morgan fingerprint density at radius 1 is 0.963 bits per heavy atom. The van der Waals surface area contributed by atoms with Crippen LogP contribution in [-0.2, 0) is 48.4 Å². The lowest BCUT2D eigenvalue weighted by Gasteiger charge is -2.23. The molecule has 0 spiro atoms. The highest BCUT2D eigenvalue weighted by Crippen LogP contribution is 2.33. The van der Waals surface area contributed by atoms with Crippen LogP contribution in [0.3, 0.4) is 0 Å². The summed E-state index contributed by atoms with van der Waals surface area (Å²) >= 11 is 0. The molecule has 2 aromatic carbocycles. The maximum absolute atomic E-state index is 14.5. The van der Waals surface area contributed by atoms with Crippen LogP contribution in [0.1, 0.15) is 46.3 Å². The minimum atomic E-state index is -3.46. The van der Waals surface area contributed by atoms with Crippen molar-refractivity contribution in [2.24, 2.45) is 5.92 Å². The van der Waals surface area contributed by atoms with E-state index in [9.17, 15) is 42.3 Å². The predicted molar refractivity (Wildman–Crippen MR) is 186 cm³/mol. The third kappa shape index (κ3) is 9.13. The summed E-state index contributed by atoms with van der Waals surface area (Å²) in [7, 11) is 8.11. The van der Waals surface area contributed by atoms with E-state index in [1.807, 2.05) is 6.07 Å². The van der Waals surface area contributed by atoms with Gasteiger partial charge in [-0.2, -0.15) is 0 Å². The zero-order chi connectivity index (χ0) is 39.2. The molecule has 286 valence electrons. The smallest absolute Gasteiger partial charge is 0.289 e. The molecule has 2 fully saturated rings. The standard InChI is InChI=1S/C35H40BF2N7O9/c1-53-26-7-6-19(10-27(26)54-2)14-40-34(52)30(48)25-13-35(37,38)18-45(25)29(47)15-41-33(51)24-11-21(31(49)43-24)12-28(46)44-16-20-4-3-5-22(23(20)17-44)32(50)39-8-9-42-36/h3-7,10,21,24-25,42H,8-9,11-18H2,1-2H3,(H,39,50)(H,40,52)(H,41,51)(H,43,49)/t21-,24-,25?/m0/s1. The molecule has 3 heterocycles. The van der Waals surface area contributed by atoms with Crippen LogP contribution in [0.25, 0.3) is 0 Å². The van der Waals surface area contributed by atoms with Gasteiger partial charge in [-0.05, 0) is 41.3 Å². The van der Waals surface area contributed by atoms with Crippen molar-refractivity contribution in [1.29, 1.82) is 0 Å². The van der Waals surface area contributed by atoms with Gasteiger partial charge in [-0.25, -0.2) is 8.78 Å². The molecule has 54 heavy (non-hydrogen) atoms. The zero-order valence-corrected chi connectivity index (χ0v) is 29.7. The van der Waals surface area contributed by atoms with E-state index in [0.717, 1.165) is 5.56 Å². The summed E-state index contributed by atoms with van der Waals surface area (Å²) in [6, 6.07) is 7.06. The Kier molecular flexibility index (Phi) is 12.5.